The van der Waals surface area contributed by atoms with Gasteiger partial charge in [0.2, 0.25) is 10.0 Å². The standard InChI is InChI=1S/C11H16ClN3O3S/c12-9-4-6-10(7-5-9)19(17,18)14-8-2-1-3-11(13)15-16/h4-7,14,16H,1-3,8H2,(H2,13,15). The lowest BCUT2D eigenvalue weighted by atomic mass is 10.2. The van der Waals surface area contributed by atoms with Crippen molar-refractivity contribution in [2.75, 3.05) is 6.54 Å². The zero-order chi connectivity index (χ0) is 14.3. The van der Waals surface area contributed by atoms with Crippen LogP contribution in [-0.4, -0.2) is 26.0 Å². The molecule has 0 saturated carbocycles. The predicted molar refractivity (Wildman–Crippen MR) is 73.9 cm³/mol. The molecule has 106 valence electrons. The molecule has 0 aliphatic heterocycles. The maximum Gasteiger partial charge on any atom is 0.240 e. The molecule has 0 atom stereocenters. The van der Waals surface area contributed by atoms with E-state index in [0.717, 1.165) is 0 Å². The SMILES string of the molecule is NC(CCCCNS(=O)(=O)c1ccc(Cl)cc1)=NO. The van der Waals surface area contributed by atoms with E-state index in [1.807, 2.05) is 0 Å². The number of oxime groups is 1. The summed E-state index contributed by atoms with van der Waals surface area (Å²) in [6, 6.07) is 5.94. The molecule has 4 N–H and O–H groups in total. The summed E-state index contributed by atoms with van der Waals surface area (Å²) in [6.45, 7) is 0.295. The Hall–Kier alpha value is -1.31. The monoisotopic (exact) mass is 305 g/mol. The molecule has 0 unspecified atom stereocenters. The molecule has 1 aromatic carbocycles. The van der Waals surface area contributed by atoms with Gasteiger partial charge in [-0.15, -0.1) is 0 Å². The van der Waals surface area contributed by atoms with Crippen molar-refractivity contribution >= 4 is 27.5 Å². The largest absolute Gasteiger partial charge is 0.409 e. The second-order valence-electron chi connectivity index (χ2n) is 3.90. The highest BCUT2D eigenvalue weighted by Crippen LogP contribution is 2.13. The molecule has 1 rings (SSSR count). The molecule has 0 amide bonds. The molecule has 0 saturated heterocycles. The highest BCUT2D eigenvalue weighted by molar-refractivity contribution is 7.89. The third kappa shape index (κ3) is 5.46. The molecule has 6 nitrogen and oxygen atoms in total. The van der Waals surface area contributed by atoms with Gasteiger partial charge in [0.1, 0.15) is 5.84 Å². The van der Waals surface area contributed by atoms with Crippen LogP contribution in [0.5, 0.6) is 0 Å². The van der Waals surface area contributed by atoms with Gasteiger partial charge in [0.05, 0.1) is 4.90 Å². The summed E-state index contributed by atoms with van der Waals surface area (Å²) in [7, 11) is -3.50. The second-order valence-corrected chi connectivity index (χ2v) is 6.10. The molecule has 0 aromatic heterocycles. The molecule has 1 aromatic rings. The number of unbranched alkanes of at least 4 members (excludes halogenated alkanes) is 1. The second kappa shape index (κ2) is 7.32. The van der Waals surface area contributed by atoms with Crippen molar-refractivity contribution in [1.29, 1.82) is 0 Å². The van der Waals surface area contributed by atoms with Crippen molar-refractivity contribution in [1.82, 2.24) is 4.72 Å². The van der Waals surface area contributed by atoms with Gasteiger partial charge in [0.25, 0.3) is 0 Å². The Balaban J connectivity index is 2.42. The number of sulfonamides is 1. The maximum atomic E-state index is 11.9. The van der Waals surface area contributed by atoms with Crippen molar-refractivity contribution in [3.63, 3.8) is 0 Å². The molecular formula is C11H16ClN3O3S. The van der Waals surface area contributed by atoms with Gasteiger partial charge in [-0.25, -0.2) is 13.1 Å². The van der Waals surface area contributed by atoms with E-state index in [9.17, 15) is 8.42 Å². The van der Waals surface area contributed by atoms with Crippen LogP contribution in [0.15, 0.2) is 34.3 Å². The van der Waals surface area contributed by atoms with E-state index in [2.05, 4.69) is 9.88 Å². The van der Waals surface area contributed by atoms with E-state index in [1.54, 1.807) is 0 Å². The number of amidine groups is 1. The molecule has 0 aliphatic carbocycles. The van der Waals surface area contributed by atoms with Gasteiger partial charge in [0.15, 0.2) is 0 Å². The van der Waals surface area contributed by atoms with Gasteiger partial charge in [-0.3, -0.25) is 0 Å². The molecule has 0 bridgehead atoms. The fourth-order valence-corrected chi connectivity index (χ4v) is 2.58. The van der Waals surface area contributed by atoms with Crippen molar-refractivity contribution in [3.8, 4) is 0 Å². The zero-order valence-corrected chi connectivity index (χ0v) is 11.8. The van der Waals surface area contributed by atoms with Crippen molar-refractivity contribution in [2.24, 2.45) is 10.9 Å². The number of benzene rings is 1. The van der Waals surface area contributed by atoms with Crippen LogP contribution in [0.2, 0.25) is 5.02 Å². The summed E-state index contributed by atoms with van der Waals surface area (Å²) in [4.78, 5) is 0.174. The lowest BCUT2D eigenvalue weighted by Crippen LogP contribution is -2.25. The van der Waals surface area contributed by atoms with Crippen LogP contribution in [-0.2, 0) is 10.0 Å². The Labute approximate surface area is 117 Å². The minimum atomic E-state index is -3.50. The average Bonchev–Trinajstić information content (AvgIpc) is 2.38. The normalized spacial score (nSPS) is 12.6. The first-order valence-electron chi connectivity index (χ1n) is 5.67. The molecule has 0 fully saturated rings. The van der Waals surface area contributed by atoms with Crippen LogP contribution >= 0.6 is 11.6 Å². The first kappa shape index (κ1) is 15.7. The van der Waals surface area contributed by atoms with Gasteiger partial charge in [-0.05, 0) is 37.1 Å². The van der Waals surface area contributed by atoms with Crippen molar-refractivity contribution in [3.05, 3.63) is 29.3 Å². The molecule has 0 radical (unpaired) electrons. The molecule has 0 aliphatic rings. The van der Waals surface area contributed by atoms with Gasteiger partial charge in [-0.2, -0.15) is 0 Å². The smallest absolute Gasteiger partial charge is 0.240 e. The van der Waals surface area contributed by atoms with Crippen LogP contribution in [0.3, 0.4) is 0 Å². The van der Waals surface area contributed by atoms with Crippen LogP contribution in [0.25, 0.3) is 0 Å². The number of rotatable bonds is 7. The summed E-state index contributed by atoms with van der Waals surface area (Å²) in [5.41, 5.74) is 5.30. The highest BCUT2D eigenvalue weighted by Gasteiger charge is 2.12. The minimum absolute atomic E-state index is 0.139. The van der Waals surface area contributed by atoms with Gasteiger partial charge in [0, 0.05) is 18.0 Å². The van der Waals surface area contributed by atoms with Crippen molar-refractivity contribution < 1.29 is 13.6 Å². The first-order valence-corrected chi connectivity index (χ1v) is 7.53. The molecular weight excluding hydrogens is 290 g/mol. The summed E-state index contributed by atoms with van der Waals surface area (Å²) >= 11 is 5.69. The maximum absolute atomic E-state index is 11.9. The van der Waals surface area contributed by atoms with Crippen LogP contribution in [0.4, 0.5) is 0 Å². The molecule has 0 spiro atoms. The van der Waals surface area contributed by atoms with Crippen molar-refractivity contribution in [2.45, 2.75) is 24.2 Å². The number of hydrogen-bond acceptors (Lipinski definition) is 4. The lowest BCUT2D eigenvalue weighted by Gasteiger charge is -2.06. The Morgan fingerprint density at radius 1 is 1.32 bits per heavy atom. The number of halogens is 1. The Morgan fingerprint density at radius 2 is 1.95 bits per heavy atom. The van der Waals surface area contributed by atoms with E-state index >= 15 is 0 Å². The Bertz CT molecular complexity index is 529. The molecule has 19 heavy (non-hydrogen) atoms. The van der Waals surface area contributed by atoms with Crippen LogP contribution in [0.1, 0.15) is 19.3 Å². The number of nitrogens with one attached hydrogen (secondary N) is 1. The predicted octanol–water partition coefficient (Wildman–Crippen LogP) is 1.53. The van der Waals surface area contributed by atoms with E-state index in [-0.39, 0.29) is 10.7 Å². The third-order valence-corrected chi connectivity index (χ3v) is 4.13. The summed E-state index contributed by atoms with van der Waals surface area (Å²) in [5.74, 6) is 0.139. The van der Waals surface area contributed by atoms with Gasteiger partial charge >= 0.3 is 0 Å². The quantitative estimate of drug-likeness (QED) is 0.233. The number of hydrogen-bond donors (Lipinski definition) is 3. The summed E-state index contributed by atoms with van der Waals surface area (Å²) in [5, 5.41) is 11.7. The Morgan fingerprint density at radius 3 is 2.53 bits per heavy atom. The fraction of sp³-hybridized carbons (Fsp3) is 0.364. The van der Waals surface area contributed by atoms with Crippen LogP contribution < -0.4 is 10.5 Å². The van der Waals surface area contributed by atoms with Gasteiger partial charge in [-0.1, -0.05) is 16.8 Å². The number of nitrogens with two attached hydrogens (primary N) is 1. The van der Waals surface area contributed by atoms with E-state index in [0.29, 0.717) is 30.8 Å². The van der Waals surface area contributed by atoms with E-state index in [1.165, 1.54) is 24.3 Å². The summed E-state index contributed by atoms with van der Waals surface area (Å²) < 4.78 is 26.2. The lowest BCUT2D eigenvalue weighted by molar-refractivity contribution is 0.316. The topological polar surface area (TPSA) is 105 Å². The first-order chi connectivity index (χ1) is 8.95. The molecule has 0 heterocycles. The Kier molecular flexibility index (Phi) is 6.07. The zero-order valence-electron chi connectivity index (χ0n) is 10.2. The highest BCUT2D eigenvalue weighted by atomic mass is 35.5. The van der Waals surface area contributed by atoms with E-state index in [4.69, 9.17) is 22.5 Å². The number of nitrogens with zero attached hydrogens (tertiary/aromatic N) is 1. The third-order valence-electron chi connectivity index (χ3n) is 2.40. The summed E-state index contributed by atoms with van der Waals surface area (Å²) in [6.07, 6.45) is 1.67. The molecule has 8 heteroatoms. The van der Waals surface area contributed by atoms with E-state index < -0.39 is 10.0 Å². The van der Waals surface area contributed by atoms with Crippen LogP contribution in [0, 0.1) is 0 Å². The average molecular weight is 306 g/mol. The minimum Gasteiger partial charge on any atom is -0.409 e. The van der Waals surface area contributed by atoms with Gasteiger partial charge < -0.3 is 10.9 Å². The fourth-order valence-electron chi connectivity index (χ4n) is 1.38.